The molecule has 1 N–H and O–H groups in total. The lowest BCUT2D eigenvalue weighted by Gasteiger charge is -2.52. The van der Waals surface area contributed by atoms with E-state index in [1.165, 1.54) is 6.42 Å². The molecular weight excluding hydrogens is 412 g/mol. The van der Waals surface area contributed by atoms with Crippen LogP contribution in [0.5, 0.6) is 0 Å². The molecule has 0 spiro atoms. The number of rotatable bonds is 4. The number of carbonyl (C=O) groups is 2. The lowest BCUT2D eigenvalue weighted by molar-refractivity contribution is -0.142. The molecule has 4 heterocycles. The van der Waals surface area contributed by atoms with Gasteiger partial charge < -0.3 is 15.1 Å². The first-order valence-electron chi connectivity index (χ1n) is 11.1. The molecule has 2 amide bonds. The van der Waals surface area contributed by atoms with Gasteiger partial charge in [0.15, 0.2) is 0 Å². The van der Waals surface area contributed by atoms with Crippen molar-refractivity contribution in [3.8, 4) is 0 Å². The van der Waals surface area contributed by atoms with E-state index in [0.717, 1.165) is 43.9 Å². The first-order valence-corrected chi connectivity index (χ1v) is 11.5. The standard InChI is InChI=1S/C24H27ClN4O2/c25-20-7-4-16(5-8-20)11-27-24(31)18-6-9-22(26-12-18)28-13-17-10-19(15-28)21-2-1-3-23(30)29(21)14-17/h4-9,12,17,19,21H,1-3,10-11,13-15H2,(H,27,31)/t17-,19-,21-/m1/s1. The zero-order valence-corrected chi connectivity index (χ0v) is 18.2. The number of halogens is 1. The number of nitrogens with one attached hydrogen (secondary N) is 1. The van der Waals surface area contributed by atoms with Crippen molar-refractivity contribution in [2.45, 2.75) is 38.3 Å². The highest BCUT2D eigenvalue weighted by atomic mass is 35.5. The second-order valence-corrected chi connectivity index (χ2v) is 9.42. The Morgan fingerprint density at radius 3 is 2.74 bits per heavy atom. The fourth-order valence-electron chi connectivity index (χ4n) is 5.39. The topological polar surface area (TPSA) is 65.5 Å². The van der Waals surface area contributed by atoms with Gasteiger partial charge in [-0.1, -0.05) is 23.7 Å². The Bertz CT molecular complexity index is 963. The molecule has 3 fully saturated rings. The molecule has 5 rings (SSSR count). The van der Waals surface area contributed by atoms with Crippen LogP contribution < -0.4 is 10.2 Å². The van der Waals surface area contributed by atoms with Gasteiger partial charge in [-0.05, 0) is 60.9 Å². The van der Waals surface area contributed by atoms with Crippen LogP contribution in [0.1, 0.15) is 41.6 Å². The van der Waals surface area contributed by atoms with Gasteiger partial charge in [-0.2, -0.15) is 0 Å². The number of benzene rings is 1. The molecular formula is C24H27ClN4O2. The van der Waals surface area contributed by atoms with Gasteiger partial charge >= 0.3 is 0 Å². The molecule has 3 aliphatic rings. The highest BCUT2D eigenvalue weighted by Crippen LogP contribution is 2.38. The molecule has 2 aromatic rings. The monoisotopic (exact) mass is 438 g/mol. The maximum atomic E-state index is 12.5. The quantitative estimate of drug-likeness (QED) is 0.793. The lowest BCUT2D eigenvalue weighted by atomic mass is 9.76. The van der Waals surface area contributed by atoms with E-state index >= 15 is 0 Å². The van der Waals surface area contributed by atoms with E-state index in [4.69, 9.17) is 11.6 Å². The molecule has 6 nitrogen and oxygen atoms in total. The Hall–Kier alpha value is -2.60. The Labute approximate surface area is 187 Å². The van der Waals surface area contributed by atoms with Crippen LogP contribution in [0.15, 0.2) is 42.6 Å². The number of piperidine rings is 3. The van der Waals surface area contributed by atoms with Gasteiger partial charge in [0.2, 0.25) is 5.91 Å². The Morgan fingerprint density at radius 2 is 1.97 bits per heavy atom. The predicted molar refractivity (Wildman–Crippen MR) is 120 cm³/mol. The molecule has 0 aliphatic carbocycles. The van der Waals surface area contributed by atoms with Crippen molar-refractivity contribution in [3.05, 3.63) is 58.7 Å². The smallest absolute Gasteiger partial charge is 0.253 e. The highest BCUT2D eigenvalue weighted by molar-refractivity contribution is 6.30. The number of pyridine rings is 1. The zero-order valence-electron chi connectivity index (χ0n) is 17.5. The number of nitrogens with zero attached hydrogens (tertiary/aromatic N) is 3. The van der Waals surface area contributed by atoms with E-state index in [9.17, 15) is 9.59 Å². The minimum absolute atomic E-state index is 0.138. The molecule has 1 aromatic heterocycles. The maximum absolute atomic E-state index is 12.5. The number of amides is 2. The average Bonchev–Trinajstić information content (AvgIpc) is 2.79. The van der Waals surface area contributed by atoms with Gasteiger partial charge in [-0.15, -0.1) is 0 Å². The summed E-state index contributed by atoms with van der Waals surface area (Å²) in [4.78, 5) is 33.9. The molecule has 0 saturated carbocycles. The minimum atomic E-state index is -0.138. The number of fused-ring (bicyclic) bond motifs is 4. The third-order valence-corrected chi connectivity index (χ3v) is 7.13. The van der Waals surface area contributed by atoms with Crippen LogP contribution in [-0.2, 0) is 11.3 Å². The van der Waals surface area contributed by atoms with Gasteiger partial charge in [-0.3, -0.25) is 9.59 Å². The van der Waals surface area contributed by atoms with E-state index < -0.39 is 0 Å². The Morgan fingerprint density at radius 1 is 1.13 bits per heavy atom. The van der Waals surface area contributed by atoms with Gasteiger partial charge in [0, 0.05) is 49.9 Å². The van der Waals surface area contributed by atoms with Crippen LogP contribution in [0.3, 0.4) is 0 Å². The Balaban J connectivity index is 1.21. The summed E-state index contributed by atoms with van der Waals surface area (Å²) in [5, 5.41) is 3.61. The summed E-state index contributed by atoms with van der Waals surface area (Å²) in [5.74, 6) is 2.13. The molecule has 7 heteroatoms. The molecule has 3 atom stereocenters. The Kier molecular flexibility index (Phi) is 5.57. The molecule has 1 aromatic carbocycles. The van der Waals surface area contributed by atoms with E-state index in [1.807, 2.05) is 36.4 Å². The van der Waals surface area contributed by atoms with Crippen LogP contribution >= 0.6 is 11.6 Å². The average molecular weight is 439 g/mol. The zero-order chi connectivity index (χ0) is 21.4. The first-order chi connectivity index (χ1) is 15.1. The van der Waals surface area contributed by atoms with E-state index in [0.29, 0.717) is 47.3 Å². The lowest BCUT2D eigenvalue weighted by Crippen LogP contribution is -2.60. The van der Waals surface area contributed by atoms with E-state index in [-0.39, 0.29) is 5.91 Å². The van der Waals surface area contributed by atoms with E-state index in [1.54, 1.807) is 6.20 Å². The van der Waals surface area contributed by atoms with Crippen molar-refractivity contribution in [3.63, 3.8) is 0 Å². The number of hydrogen-bond donors (Lipinski definition) is 1. The number of aromatic nitrogens is 1. The first kappa shape index (κ1) is 20.3. The summed E-state index contributed by atoms with van der Waals surface area (Å²) >= 11 is 5.90. The van der Waals surface area contributed by atoms with Gasteiger partial charge in [0.1, 0.15) is 5.82 Å². The fraction of sp³-hybridized carbons (Fsp3) is 0.458. The van der Waals surface area contributed by atoms with Crippen LogP contribution in [0.25, 0.3) is 0 Å². The summed E-state index contributed by atoms with van der Waals surface area (Å²) in [5.41, 5.74) is 1.55. The number of carbonyl (C=O) groups excluding carboxylic acids is 2. The molecule has 3 aliphatic heterocycles. The van der Waals surface area contributed by atoms with Crippen molar-refractivity contribution in [1.29, 1.82) is 0 Å². The van der Waals surface area contributed by atoms with Crippen molar-refractivity contribution in [1.82, 2.24) is 15.2 Å². The summed E-state index contributed by atoms with van der Waals surface area (Å²) in [6.07, 6.45) is 5.71. The summed E-state index contributed by atoms with van der Waals surface area (Å²) in [6.45, 7) is 3.17. The van der Waals surface area contributed by atoms with Crippen molar-refractivity contribution in [2.75, 3.05) is 24.5 Å². The van der Waals surface area contributed by atoms with Crippen LogP contribution in [0.2, 0.25) is 5.02 Å². The summed E-state index contributed by atoms with van der Waals surface area (Å²) < 4.78 is 0. The second-order valence-electron chi connectivity index (χ2n) is 8.99. The number of anilines is 1. The van der Waals surface area contributed by atoms with Gasteiger partial charge in [0.25, 0.3) is 5.91 Å². The van der Waals surface area contributed by atoms with Crippen LogP contribution in [0.4, 0.5) is 5.82 Å². The molecule has 2 bridgehead atoms. The molecule has 3 saturated heterocycles. The largest absolute Gasteiger partial charge is 0.356 e. The molecule has 162 valence electrons. The third-order valence-electron chi connectivity index (χ3n) is 6.88. The van der Waals surface area contributed by atoms with Gasteiger partial charge in [-0.25, -0.2) is 4.98 Å². The SMILES string of the molecule is O=C(NCc1ccc(Cl)cc1)c1ccc(N2C[C@H]3C[C@H](C2)[C@H]2CCCC(=O)N2C3)nc1. The van der Waals surface area contributed by atoms with Gasteiger partial charge in [0.05, 0.1) is 5.56 Å². The van der Waals surface area contributed by atoms with Crippen molar-refractivity contribution in [2.24, 2.45) is 11.8 Å². The highest BCUT2D eigenvalue weighted by Gasteiger charge is 2.44. The second kappa shape index (κ2) is 8.50. The van der Waals surface area contributed by atoms with Crippen LogP contribution in [0, 0.1) is 11.8 Å². The molecule has 0 unspecified atom stereocenters. The van der Waals surface area contributed by atoms with E-state index in [2.05, 4.69) is 20.1 Å². The fourth-order valence-corrected chi connectivity index (χ4v) is 5.52. The summed E-state index contributed by atoms with van der Waals surface area (Å²) in [6, 6.07) is 11.6. The predicted octanol–water partition coefficient (Wildman–Crippen LogP) is 3.50. The van der Waals surface area contributed by atoms with Crippen molar-refractivity contribution < 1.29 is 9.59 Å². The molecule has 31 heavy (non-hydrogen) atoms. The molecule has 0 radical (unpaired) electrons. The normalized spacial score (nSPS) is 25.2. The van der Waals surface area contributed by atoms with Crippen LogP contribution in [-0.4, -0.2) is 47.4 Å². The maximum Gasteiger partial charge on any atom is 0.253 e. The van der Waals surface area contributed by atoms with Crippen molar-refractivity contribution >= 4 is 29.2 Å². The summed E-state index contributed by atoms with van der Waals surface area (Å²) in [7, 11) is 0. The third kappa shape index (κ3) is 4.26. The minimum Gasteiger partial charge on any atom is -0.356 e. The number of hydrogen-bond acceptors (Lipinski definition) is 4.